The Labute approximate surface area is 147 Å². The molecule has 3 nitrogen and oxygen atoms in total. The Balaban J connectivity index is 0. The Bertz CT molecular complexity index is 247. The average molecular weight is 374 g/mol. The van der Waals surface area contributed by atoms with Gasteiger partial charge in [-0.1, -0.05) is 39.0 Å². The lowest BCUT2D eigenvalue weighted by Crippen LogP contribution is -2.45. The predicted octanol–water partition coefficient (Wildman–Crippen LogP) is 6.17. The van der Waals surface area contributed by atoms with Gasteiger partial charge in [-0.15, -0.1) is 0 Å². The highest BCUT2D eigenvalue weighted by molar-refractivity contribution is 6.60. The van der Waals surface area contributed by atoms with E-state index in [4.69, 9.17) is 13.3 Å². The van der Waals surface area contributed by atoms with Gasteiger partial charge in [0.25, 0.3) is 0 Å². The van der Waals surface area contributed by atoms with Crippen LogP contribution >= 0.6 is 0 Å². The molecule has 0 rings (SSSR count). The lowest BCUT2D eigenvalue weighted by molar-refractivity contribution is -0.125. The van der Waals surface area contributed by atoms with Gasteiger partial charge in [-0.25, -0.2) is 0 Å². The molecule has 0 aromatic carbocycles. The minimum atomic E-state index is -4.07. The molecule has 0 atom stereocenters. The van der Waals surface area contributed by atoms with Crippen molar-refractivity contribution < 1.29 is 26.4 Å². The fourth-order valence-electron chi connectivity index (χ4n) is 2.12. The van der Waals surface area contributed by atoms with Crippen molar-refractivity contribution in [1.29, 1.82) is 0 Å². The fraction of sp³-hybridized carbons (Fsp3) is 0.941. The van der Waals surface area contributed by atoms with Crippen LogP contribution in [-0.4, -0.2) is 34.8 Å². The molecule has 0 aromatic rings. The van der Waals surface area contributed by atoms with Crippen LogP contribution in [0.1, 0.15) is 72.6 Å². The summed E-state index contributed by atoms with van der Waals surface area (Å²) in [5.41, 5.74) is 0. The van der Waals surface area contributed by atoms with E-state index in [1.807, 2.05) is 20.8 Å². The zero-order chi connectivity index (χ0) is 18.9. The molecule has 0 saturated heterocycles. The predicted molar refractivity (Wildman–Crippen MR) is 94.8 cm³/mol. The molecule has 0 spiro atoms. The van der Waals surface area contributed by atoms with Gasteiger partial charge in [-0.3, -0.25) is 0 Å². The second-order valence-corrected chi connectivity index (χ2v) is 8.10. The Hall–Kier alpha value is -0.113. The molecule has 7 heteroatoms. The van der Waals surface area contributed by atoms with Crippen LogP contribution in [0.15, 0.2) is 0 Å². The summed E-state index contributed by atoms with van der Waals surface area (Å²) in [6.45, 7) is 13.0. The van der Waals surface area contributed by atoms with Crippen LogP contribution in [0.2, 0.25) is 6.04 Å². The lowest BCUT2D eigenvalue weighted by atomic mass is 10.1. The van der Waals surface area contributed by atoms with E-state index in [9.17, 15) is 13.2 Å². The van der Waals surface area contributed by atoms with Crippen LogP contribution in [0.25, 0.3) is 0 Å². The summed E-state index contributed by atoms with van der Waals surface area (Å²) in [4.78, 5) is 0. The van der Waals surface area contributed by atoms with Gasteiger partial charge in [0, 0.05) is 32.3 Å². The van der Waals surface area contributed by atoms with Gasteiger partial charge >= 0.3 is 15.0 Å². The molecule has 0 aromatic heterocycles. The molecule has 0 heterocycles. The number of alkyl halides is 3. The van der Waals surface area contributed by atoms with Crippen molar-refractivity contribution in [3.8, 4) is 0 Å². The van der Waals surface area contributed by atoms with E-state index in [0.29, 0.717) is 19.8 Å². The second-order valence-electron chi connectivity index (χ2n) is 5.36. The molecule has 0 amide bonds. The van der Waals surface area contributed by atoms with Crippen molar-refractivity contribution in [2.24, 2.45) is 0 Å². The van der Waals surface area contributed by atoms with E-state index in [2.05, 4.69) is 13.8 Å². The smallest absolute Gasteiger partial charge is 0.374 e. The van der Waals surface area contributed by atoms with Gasteiger partial charge in [-0.2, -0.15) is 13.2 Å². The van der Waals surface area contributed by atoms with Gasteiger partial charge in [0.2, 0.25) is 0 Å². The van der Waals surface area contributed by atoms with Crippen LogP contribution < -0.4 is 0 Å². The van der Waals surface area contributed by atoms with E-state index in [-0.39, 0.29) is 0 Å². The van der Waals surface area contributed by atoms with Crippen molar-refractivity contribution in [2.75, 3.05) is 19.8 Å². The summed E-state index contributed by atoms with van der Waals surface area (Å²) >= 11 is 0. The standard InChI is InChI=1S/C14H32O3Si.C3H4F3/c1-5-9-10-11-12-13-14-18(15-6-2,16-7-3)17-8-4;1-2-3(4,5)6/h5-14H2,1-4H3;1-2H2. The summed E-state index contributed by atoms with van der Waals surface area (Å²) in [7, 11) is -2.36. The van der Waals surface area contributed by atoms with Crippen molar-refractivity contribution in [3.63, 3.8) is 0 Å². The van der Waals surface area contributed by atoms with Gasteiger partial charge in [0.15, 0.2) is 0 Å². The Morgan fingerprint density at radius 3 is 1.46 bits per heavy atom. The van der Waals surface area contributed by atoms with Crippen LogP contribution in [-0.2, 0) is 13.3 Å². The summed E-state index contributed by atoms with van der Waals surface area (Å²) < 4.78 is 49.7. The molecule has 147 valence electrons. The zero-order valence-corrected chi connectivity index (χ0v) is 16.8. The quantitative estimate of drug-likeness (QED) is 0.285. The van der Waals surface area contributed by atoms with Crippen LogP contribution in [0.3, 0.4) is 0 Å². The molecular formula is C17H36F3O3Si. The maximum Gasteiger partial charge on any atom is 0.500 e. The van der Waals surface area contributed by atoms with E-state index < -0.39 is 21.4 Å². The topological polar surface area (TPSA) is 27.7 Å². The summed E-state index contributed by atoms with van der Waals surface area (Å²) in [5.74, 6) is 0. The van der Waals surface area contributed by atoms with Gasteiger partial charge < -0.3 is 13.3 Å². The van der Waals surface area contributed by atoms with Crippen LogP contribution in [0.4, 0.5) is 13.2 Å². The molecule has 0 aliphatic carbocycles. The first-order valence-corrected chi connectivity index (χ1v) is 11.0. The van der Waals surface area contributed by atoms with Crippen molar-refractivity contribution in [3.05, 3.63) is 6.92 Å². The molecule has 0 N–H and O–H groups in total. The summed E-state index contributed by atoms with van der Waals surface area (Å²) in [6, 6.07) is 0.967. The van der Waals surface area contributed by atoms with E-state index in [1.54, 1.807) is 0 Å². The largest absolute Gasteiger partial charge is 0.500 e. The number of unbranched alkanes of at least 4 members (excludes halogenated alkanes) is 5. The maximum absolute atomic E-state index is 10.7. The molecule has 0 fully saturated rings. The molecule has 0 saturated carbocycles. The number of rotatable bonds is 13. The minimum absolute atomic E-state index is 0.683. The van der Waals surface area contributed by atoms with Crippen molar-refractivity contribution >= 4 is 8.80 Å². The Morgan fingerprint density at radius 2 is 1.12 bits per heavy atom. The van der Waals surface area contributed by atoms with Gasteiger partial charge in [0.05, 0.1) is 0 Å². The zero-order valence-electron chi connectivity index (χ0n) is 15.8. The maximum atomic E-state index is 10.7. The van der Waals surface area contributed by atoms with Crippen LogP contribution in [0, 0.1) is 6.92 Å². The van der Waals surface area contributed by atoms with Crippen molar-refractivity contribution in [1.82, 2.24) is 0 Å². The highest BCUT2D eigenvalue weighted by Crippen LogP contribution is 2.20. The van der Waals surface area contributed by atoms with Crippen molar-refractivity contribution in [2.45, 2.75) is 84.9 Å². The van der Waals surface area contributed by atoms with E-state index in [1.165, 1.54) is 32.1 Å². The SMILES string of the molecule is CCCCCCCC[Si](OCC)(OCC)OCC.[CH2]CC(F)(F)F. The monoisotopic (exact) mass is 373 g/mol. The van der Waals surface area contributed by atoms with Crippen LogP contribution in [0.5, 0.6) is 0 Å². The number of hydrogen-bond donors (Lipinski definition) is 0. The Morgan fingerprint density at radius 1 is 0.750 bits per heavy atom. The van der Waals surface area contributed by atoms with E-state index in [0.717, 1.165) is 12.5 Å². The molecule has 1 radical (unpaired) electrons. The first kappa shape index (κ1) is 26.1. The molecular weight excluding hydrogens is 337 g/mol. The fourth-order valence-corrected chi connectivity index (χ4v) is 4.81. The normalized spacial score (nSPS) is 12.0. The average Bonchev–Trinajstić information content (AvgIpc) is 2.51. The number of halogens is 3. The minimum Gasteiger partial charge on any atom is -0.374 e. The summed E-state index contributed by atoms with van der Waals surface area (Å²) in [6.07, 6.45) is 2.71. The molecule has 0 aliphatic heterocycles. The second kappa shape index (κ2) is 16.4. The van der Waals surface area contributed by atoms with Gasteiger partial charge in [-0.05, 0) is 34.1 Å². The highest BCUT2D eigenvalue weighted by atomic mass is 28.4. The Kier molecular flexibility index (Phi) is 17.8. The molecule has 0 bridgehead atoms. The van der Waals surface area contributed by atoms with E-state index >= 15 is 0 Å². The molecule has 0 unspecified atom stereocenters. The van der Waals surface area contributed by atoms with Gasteiger partial charge in [0.1, 0.15) is 0 Å². The third kappa shape index (κ3) is 16.7. The summed E-state index contributed by atoms with van der Waals surface area (Å²) in [5, 5.41) is 0. The molecule has 0 aliphatic rings. The number of hydrogen-bond acceptors (Lipinski definition) is 3. The first-order valence-electron chi connectivity index (χ1n) is 9.08. The lowest BCUT2D eigenvalue weighted by Gasteiger charge is -2.28. The third-order valence-corrected chi connectivity index (χ3v) is 6.36. The third-order valence-electron chi connectivity index (χ3n) is 3.21. The highest BCUT2D eigenvalue weighted by Gasteiger charge is 2.39. The molecule has 24 heavy (non-hydrogen) atoms. The first-order chi connectivity index (χ1) is 11.3.